The lowest BCUT2D eigenvalue weighted by Gasteiger charge is -2.25. The first-order valence-electron chi connectivity index (χ1n) is 12.9. The van der Waals surface area contributed by atoms with E-state index in [0.717, 1.165) is 35.8 Å². The number of rotatable bonds is 9. The number of carboxylic acids is 1. The molecule has 10 nitrogen and oxygen atoms in total. The van der Waals surface area contributed by atoms with Crippen LogP contribution in [0.25, 0.3) is 0 Å². The van der Waals surface area contributed by atoms with Crippen molar-refractivity contribution in [2.75, 3.05) is 25.0 Å². The summed E-state index contributed by atoms with van der Waals surface area (Å²) in [6.45, 7) is 3.68. The number of hydrogen-bond acceptors (Lipinski definition) is 6. The number of carbonyl (C=O) groups excluding carboxylic acids is 2. The second-order valence-corrected chi connectivity index (χ2v) is 11.8. The van der Waals surface area contributed by atoms with E-state index in [1.807, 2.05) is 6.92 Å². The first-order valence-corrected chi connectivity index (χ1v) is 14.3. The van der Waals surface area contributed by atoms with Crippen molar-refractivity contribution in [2.45, 2.75) is 56.0 Å². The Kier molecular flexibility index (Phi) is 8.80. The van der Waals surface area contributed by atoms with Gasteiger partial charge in [0.2, 0.25) is 21.8 Å². The number of carbonyl (C=O) groups is 3. The molecule has 38 heavy (non-hydrogen) atoms. The molecule has 2 aliphatic rings. The van der Waals surface area contributed by atoms with Crippen molar-refractivity contribution in [2.24, 2.45) is 5.92 Å². The third-order valence-electron chi connectivity index (χ3n) is 7.12. The molecule has 0 aromatic heterocycles. The molecule has 4 N–H and O–H groups in total. The number of sulfonamides is 1. The molecule has 2 aromatic rings. The van der Waals surface area contributed by atoms with Crippen LogP contribution in [0.4, 0.5) is 5.69 Å². The zero-order valence-electron chi connectivity index (χ0n) is 21.4. The summed E-state index contributed by atoms with van der Waals surface area (Å²) in [7, 11) is -3.90. The minimum Gasteiger partial charge on any atom is -0.480 e. The normalized spacial score (nSPS) is 19.6. The Labute approximate surface area is 222 Å². The maximum Gasteiger partial charge on any atom is 0.326 e. The number of aliphatic carboxylic acids is 1. The number of piperidine rings is 1. The van der Waals surface area contributed by atoms with Gasteiger partial charge >= 0.3 is 5.97 Å². The molecule has 4 rings (SSSR count). The molecule has 0 aliphatic carbocycles. The van der Waals surface area contributed by atoms with Gasteiger partial charge in [0.1, 0.15) is 12.1 Å². The minimum absolute atomic E-state index is 0.0149. The van der Waals surface area contributed by atoms with Crippen molar-refractivity contribution >= 4 is 33.5 Å². The van der Waals surface area contributed by atoms with Gasteiger partial charge < -0.3 is 21.1 Å². The van der Waals surface area contributed by atoms with Gasteiger partial charge in [0, 0.05) is 24.6 Å². The van der Waals surface area contributed by atoms with Crippen LogP contribution in [-0.2, 0) is 30.8 Å². The van der Waals surface area contributed by atoms with Crippen LogP contribution in [0.3, 0.4) is 0 Å². The molecule has 0 radical (unpaired) electrons. The van der Waals surface area contributed by atoms with Crippen molar-refractivity contribution < 1.29 is 27.9 Å². The van der Waals surface area contributed by atoms with Gasteiger partial charge in [-0.2, -0.15) is 4.31 Å². The number of anilines is 1. The number of nitrogens with zero attached hydrogens (tertiary/aromatic N) is 1. The molecule has 0 saturated carbocycles. The fraction of sp³-hybridized carbons (Fsp3) is 0.444. The third kappa shape index (κ3) is 6.58. The molecule has 11 heteroatoms. The average Bonchev–Trinajstić information content (AvgIpc) is 3.41. The largest absolute Gasteiger partial charge is 0.480 e. The van der Waals surface area contributed by atoms with Gasteiger partial charge in [0.05, 0.1) is 4.90 Å². The molecule has 2 saturated heterocycles. The van der Waals surface area contributed by atoms with Crippen LogP contribution in [0.5, 0.6) is 0 Å². The highest BCUT2D eigenvalue weighted by atomic mass is 32.2. The van der Waals surface area contributed by atoms with E-state index in [1.54, 1.807) is 36.4 Å². The Hall–Kier alpha value is -3.28. The molecule has 2 amide bonds. The number of nitrogens with one attached hydrogen (secondary N) is 3. The van der Waals surface area contributed by atoms with Gasteiger partial charge in [-0.1, -0.05) is 29.8 Å². The smallest absolute Gasteiger partial charge is 0.326 e. The van der Waals surface area contributed by atoms with Crippen molar-refractivity contribution in [3.63, 3.8) is 0 Å². The Morgan fingerprint density at radius 1 is 1.00 bits per heavy atom. The van der Waals surface area contributed by atoms with Crippen LogP contribution in [0, 0.1) is 12.8 Å². The van der Waals surface area contributed by atoms with Crippen LogP contribution in [0.15, 0.2) is 53.4 Å². The van der Waals surface area contributed by atoms with Gasteiger partial charge in [0.15, 0.2) is 0 Å². The maximum absolute atomic E-state index is 13.2. The standard InChI is InChI=1S/C27H34N4O6S/c1-18-4-10-22(11-5-18)38(36,37)31-16-2-3-24(31)26(33)30-23(27(34)35)17-19-6-8-21(9-7-19)29-25(32)20-12-14-28-15-13-20/h4-11,20,23-24,28H,2-3,12-17H2,1H3,(H,29,32)(H,30,33)(H,34,35)/t23-,24-/m0/s1. The highest BCUT2D eigenvalue weighted by molar-refractivity contribution is 7.89. The van der Waals surface area contributed by atoms with E-state index in [4.69, 9.17) is 0 Å². The second kappa shape index (κ2) is 12.1. The zero-order valence-corrected chi connectivity index (χ0v) is 22.2. The summed E-state index contributed by atoms with van der Waals surface area (Å²) in [6, 6.07) is 11.0. The van der Waals surface area contributed by atoms with Crippen molar-refractivity contribution in [3.05, 3.63) is 59.7 Å². The van der Waals surface area contributed by atoms with E-state index in [0.29, 0.717) is 24.1 Å². The van der Waals surface area contributed by atoms with E-state index < -0.39 is 34.0 Å². The van der Waals surface area contributed by atoms with Gasteiger partial charge in [0.25, 0.3) is 0 Å². The van der Waals surface area contributed by atoms with Crippen LogP contribution in [0.1, 0.15) is 36.8 Å². The molecule has 2 aliphatic heterocycles. The Balaban J connectivity index is 1.39. The second-order valence-electron chi connectivity index (χ2n) is 9.90. The molecule has 0 bridgehead atoms. The summed E-state index contributed by atoms with van der Waals surface area (Å²) < 4.78 is 27.5. The topological polar surface area (TPSA) is 145 Å². The van der Waals surface area contributed by atoms with E-state index in [2.05, 4.69) is 16.0 Å². The molecule has 0 unspecified atom stereocenters. The lowest BCUT2D eigenvalue weighted by molar-refractivity contribution is -0.142. The van der Waals surface area contributed by atoms with Gasteiger partial charge in [-0.3, -0.25) is 9.59 Å². The highest BCUT2D eigenvalue weighted by Gasteiger charge is 2.40. The SMILES string of the molecule is Cc1ccc(S(=O)(=O)N2CCC[C@H]2C(=O)N[C@@H](Cc2ccc(NC(=O)C3CCNCC3)cc2)C(=O)O)cc1. The van der Waals surface area contributed by atoms with Crippen LogP contribution >= 0.6 is 0 Å². The summed E-state index contributed by atoms with van der Waals surface area (Å²) in [5, 5.41) is 18.4. The third-order valence-corrected chi connectivity index (χ3v) is 9.04. The number of aryl methyl sites for hydroxylation is 1. The molecule has 0 spiro atoms. The van der Waals surface area contributed by atoms with Crippen LogP contribution in [0.2, 0.25) is 0 Å². The van der Waals surface area contributed by atoms with Crippen LogP contribution in [-0.4, -0.2) is 67.3 Å². The fourth-order valence-corrected chi connectivity index (χ4v) is 6.55. The maximum atomic E-state index is 13.2. The molecular weight excluding hydrogens is 508 g/mol. The van der Waals surface area contributed by atoms with Crippen molar-refractivity contribution in [1.82, 2.24) is 14.9 Å². The minimum atomic E-state index is -3.90. The predicted octanol–water partition coefficient (Wildman–Crippen LogP) is 1.90. The molecule has 2 aromatic carbocycles. The molecule has 2 fully saturated rings. The fourth-order valence-electron chi connectivity index (χ4n) is 4.89. The van der Waals surface area contributed by atoms with Gasteiger partial charge in [-0.15, -0.1) is 0 Å². The highest BCUT2D eigenvalue weighted by Crippen LogP contribution is 2.27. The number of benzene rings is 2. The van der Waals surface area contributed by atoms with Gasteiger partial charge in [-0.25, -0.2) is 13.2 Å². The number of carboxylic acid groups (broad SMARTS) is 1. The summed E-state index contributed by atoms with van der Waals surface area (Å²) >= 11 is 0. The number of hydrogen-bond donors (Lipinski definition) is 4. The predicted molar refractivity (Wildman–Crippen MR) is 142 cm³/mol. The molecule has 2 atom stereocenters. The average molecular weight is 543 g/mol. The molecular formula is C27H34N4O6S. The summed E-state index contributed by atoms with van der Waals surface area (Å²) in [4.78, 5) is 37.6. The van der Waals surface area contributed by atoms with Crippen molar-refractivity contribution in [3.8, 4) is 0 Å². The Morgan fingerprint density at radius 3 is 2.29 bits per heavy atom. The first-order chi connectivity index (χ1) is 18.1. The summed E-state index contributed by atoms with van der Waals surface area (Å²) in [5.74, 6) is -1.91. The van der Waals surface area contributed by atoms with E-state index >= 15 is 0 Å². The first kappa shape index (κ1) is 27.7. The lowest BCUT2D eigenvalue weighted by atomic mass is 9.97. The summed E-state index contributed by atoms with van der Waals surface area (Å²) in [6.07, 6.45) is 2.41. The lowest BCUT2D eigenvalue weighted by Crippen LogP contribution is -2.51. The van der Waals surface area contributed by atoms with E-state index in [9.17, 15) is 27.9 Å². The van der Waals surface area contributed by atoms with Gasteiger partial charge in [-0.05, 0) is 75.5 Å². The molecule has 204 valence electrons. The monoisotopic (exact) mass is 542 g/mol. The van der Waals surface area contributed by atoms with E-state index in [1.165, 1.54) is 12.1 Å². The van der Waals surface area contributed by atoms with Crippen LogP contribution < -0.4 is 16.0 Å². The Morgan fingerprint density at radius 2 is 1.66 bits per heavy atom. The quantitative estimate of drug-likeness (QED) is 0.379. The van der Waals surface area contributed by atoms with Crippen molar-refractivity contribution in [1.29, 1.82) is 0 Å². The number of amides is 2. The Bertz CT molecular complexity index is 1260. The molecule has 2 heterocycles. The van der Waals surface area contributed by atoms with E-state index in [-0.39, 0.29) is 29.7 Å². The zero-order chi connectivity index (χ0) is 27.3. The summed E-state index contributed by atoms with van der Waals surface area (Å²) in [5.41, 5.74) is 2.20.